The molecule has 0 saturated heterocycles. The SMILES string of the molecule is CNC1CC(C)S(=O)(=O)c2ccc(Br)cc21. The van der Waals surface area contributed by atoms with Crippen molar-refractivity contribution in [2.75, 3.05) is 7.05 Å². The van der Waals surface area contributed by atoms with Crippen molar-refractivity contribution in [1.29, 1.82) is 0 Å². The third kappa shape index (κ3) is 1.81. The molecule has 1 aromatic rings. The van der Waals surface area contributed by atoms with Crippen molar-refractivity contribution in [3.63, 3.8) is 0 Å². The number of sulfone groups is 1. The molecule has 1 heterocycles. The van der Waals surface area contributed by atoms with Gasteiger partial charge >= 0.3 is 0 Å². The summed E-state index contributed by atoms with van der Waals surface area (Å²) in [6, 6.07) is 5.47. The summed E-state index contributed by atoms with van der Waals surface area (Å²) in [6.07, 6.45) is 0.627. The van der Waals surface area contributed by atoms with E-state index in [4.69, 9.17) is 0 Å². The molecule has 1 aromatic carbocycles. The number of fused-ring (bicyclic) bond motifs is 1. The maximum absolute atomic E-state index is 12.1. The summed E-state index contributed by atoms with van der Waals surface area (Å²) in [5, 5.41) is 2.85. The summed E-state index contributed by atoms with van der Waals surface area (Å²) in [7, 11) is -1.28. The Balaban J connectivity index is 2.67. The molecule has 1 N–H and O–H groups in total. The van der Waals surface area contributed by atoms with Gasteiger partial charge in [-0.15, -0.1) is 0 Å². The Morgan fingerprint density at radius 1 is 1.44 bits per heavy atom. The van der Waals surface area contributed by atoms with E-state index in [9.17, 15) is 8.42 Å². The largest absolute Gasteiger partial charge is 0.313 e. The molecule has 1 aliphatic heterocycles. The minimum absolute atomic E-state index is 0.117. The molecule has 1 aliphatic rings. The zero-order valence-electron chi connectivity index (χ0n) is 9.20. The van der Waals surface area contributed by atoms with Gasteiger partial charge in [0.1, 0.15) is 0 Å². The molecule has 2 unspecified atom stereocenters. The lowest BCUT2D eigenvalue weighted by Crippen LogP contribution is -2.32. The number of halogens is 1. The summed E-state index contributed by atoms with van der Waals surface area (Å²) in [4.78, 5) is 0.466. The van der Waals surface area contributed by atoms with Gasteiger partial charge in [0.15, 0.2) is 9.84 Å². The third-order valence-corrected chi connectivity index (χ3v) is 5.83. The number of benzene rings is 1. The lowest BCUT2D eigenvalue weighted by molar-refractivity contribution is 0.493. The highest BCUT2D eigenvalue weighted by atomic mass is 79.9. The lowest BCUT2D eigenvalue weighted by Gasteiger charge is -2.29. The van der Waals surface area contributed by atoms with Crippen LogP contribution in [0.2, 0.25) is 0 Å². The van der Waals surface area contributed by atoms with Crippen molar-refractivity contribution < 1.29 is 8.42 Å². The average Bonchev–Trinajstić information content (AvgIpc) is 2.23. The first-order chi connectivity index (χ1) is 7.46. The number of hydrogen-bond donors (Lipinski definition) is 1. The van der Waals surface area contributed by atoms with E-state index in [0.29, 0.717) is 11.3 Å². The van der Waals surface area contributed by atoms with Crippen LogP contribution in [-0.4, -0.2) is 20.7 Å². The number of rotatable bonds is 1. The van der Waals surface area contributed by atoms with Crippen molar-refractivity contribution in [2.45, 2.75) is 29.5 Å². The zero-order chi connectivity index (χ0) is 11.9. The molecule has 0 aliphatic carbocycles. The highest BCUT2D eigenvalue weighted by Crippen LogP contribution is 2.37. The smallest absolute Gasteiger partial charge is 0.181 e. The molecule has 0 aromatic heterocycles. The van der Waals surface area contributed by atoms with E-state index in [1.54, 1.807) is 19.1 Å². The molecule has 16 heavy (non-hydrogen) atoms. The molecule has 5 heteroatoms. The van der Waals surface area contributed by atoms with Gasteiger partial charge in [-0.3, -0.25) is 0 Å². The second-order valence-electron chi connectivity index (χ2n) is 4.11. The fraction of sp³-hybridized carbons (Fsp3) is 0.455. The normalized spacial score (nSPS) is 27.4. The van der Waals surface area contributed by atoms with Crippen LogP contribution in [0.4, 0.5) is 0 Å². The minimum atomic E-state index is -3.14. The van der Waals surface area contributed by atoms with Crippen molar-refractivity contribution in [3.8, 4) is 0 Å². The third-order valence-electron chi connectivity index (χ3n) is 3.10. The van der Waals surface area contributed by atoms with E-state index in [0.717, 1.165) is 10.0 Å². The number of hydrogen-bond acceptors (Lipinski definition) is 3. The monoisotopic (exact) mass is 303 g/mol. The van der Waals surface area contributed by atoms with Gasteiger partial charge < -0.3 is 5.32 Å². The molecule has 0 radical (unpaired) electrons. The second-order valence-corrected chi connectivity index (χ2v) is 7.36. The van der Waals surface area contributed by atoms with Crippen LogP contribution in [0.15, 0.2) is 27.6 Å². The molecular weight excluding hydrogens is 290 g/mol. The average molecular weight is 304 g/mol. The van der Waals surface area contributed by atoms with E-state index >= 15 is 0 Å². The van der Waals surface area contributed by atoms with Gasteiger partial charge in [-0.05, 0) is 44.2 Å². The molecule has 0 spiro atoms. The quantitative estimate of drug-likeness (QED) is 0.866. The first kappa shape index (κ1) is 12.1. The molecule has 88 valence electrons. The molecule has 2 rings (SSSR count). The maximum atomic E-state index is 12.1. The number of nitrogens with one attached hydrogen (secondary N) is 1. The molecule has 2 atom stereocenters. The molecule has 0 bridgehead atoms. The van der Waals surface area contributed by atoms with Gasteiger partial charge in [0.2, 0.25) is 0 Å². The fourth-order valence-electron chi connectivity index (χ4n) is 2.13. The second kappa shape index (κ2) is 4.13. The zero-order valence-corrected chi connectivity index (χ0v) is 11.6. The van der Waals surface area contributed by atoms with Crippen molar-refractivity contribution in [2.24, 2.45) is 0 Å². The van der Waals surface area contributed by atoms with Crippen LogP contribution in [-0.2, 0) is 9.84 Å². The van der Waals surface area contributed by atoms with Crippen LogP contribution in [0.3, 0.4) is 0 Å². The Morgan fingerprint density at radius 3 is 2.75 bits per heavy atom. The Hall–Kier alpha value is -0.390. The Kier molecular flexibility index (Phi) is 3.11. The van der Waals surface area contributed by atoms with Crippen LogP contribution < -0.4 is 5.32 Å². The van der Waals surface area contributed by atoms with Crippen molar-refractivity contribution in [1.82, 2.24) is 5.32 Å². The Labute approximate surface area is 104 Å². The first-order valence-corrected chi connectivity index (χ1v) is 7.51. The van der Waals surface area contributed by atoms with Crippen LogP contribution in [0.5, 0.6) is 0 Å². The highest BCUT2D eigenvalue weighted by Gasteiger charge is 2.35. The topological polar surface area (TPSA) is 46.2 Å². The Bertz CT molecular complexity index is 513. The van der Waals surface area contributed by atoms with Gasteiger partial charge in [0.25, 0.3) is 0 Å². The standard InChI is InChI=1S/C11H14BrNO2S/c1-7-5-10(13-2)9-6-8(12)3-4-11(9)16(7,14)15/h3-4,6-7,10,13H,5H2,1-2H3. The highest BCUT2D eigenvalue weighted by molar-refractivity contribution is 9.10. The Morgan fingerprint density at radius 2 is 2.12 bits per heavy atom. The van der Waals surface area contributed by atoms with Crippen molar-refractivity contribution in [3.05, 3.63) is 28.2 Å². The first-order valence-electron chi connectivity index (χ1n) is 5.17. The molecule has 0 fully saturated rings. The van der Waals surface area contributed by atoms with Crippen LogP contribution in [0, 0.1) is 0 Å². The van der Waals surface area contributed by atoms with E-state index in [1.165, 1.54) is 0 Å². The minimum Gasteiger partial charge on any atom is -0.313 e. The summed E-state index contributed by atoms with van der Waals surface area (Å²) in [6.45, 7) is 1.77. The van der Waals surface area contributed by atoms with Crippen molar-refractivity contribution >= 4 is 25.8 Å². The summed E-state index contributed by atoms with van der Waals surface area (Å²) in [5.41, 5.74) is 0.870. The van der Waals surface area contributed by atoms with E-state index in [2.05, 4.69) is 21.2 Å². The van der Waals surface area contributed by atoms with E-state index in [-0.39, 0.29) is 11.3 Å². The summed E-state index contributed by atoms with van der Waals surface area (Å²) < 4.78 is 25.2. The maximum Gasteiger partial charge on any atom is 0.181 e. The van der Waals surface area contributed by atoms with Gasteiger partial charge in [-0.25, -0.2) is 8.42 Å². The predicted octanol–water partition coefficient (Wildman–Crippen LogP) is 2.28. The molecule has 3 nitrogen and oxygen atoms in total. The molecular formula is C11H14BrNO2S. The van der Waals surface area contributed by atoms with E-state index < -0.39 is 9.84 Å². The van der Waals surface area contributed by atoms with Gasteiger partial charge in [-0.2, -0.15) is 0 Å². The fourth-order valence-corrected chi connectivity index (χ4v) is 4.17. The van der Waals surface area contributed by atoms with E-state index in [1.807, 2.05) is 13.1 Å². The summed E-state index contributed by atoms with van der Waals surface area (Å²) >= 11 is 3.38. The van der Waals surface area contributed by atoms with Gasteiger partial charge in [0, 0.05) is 10.5 Å². The van der Waals surface area contributed by atoms with Crippen LogP contribution in [0.1, 0.15) is 24.9 Å². The predicted molar refractivity (Wildman–Crippen MR) is 67.2 cm³/mol. The molecule has 0 amide bonds. The van der Waals surface area contributed by atoms with Gasteiger partial charge in [0.05, 0.1) is 10.1 Å². The molecule has 0 saturated carbocycles. The van der Waals surface area contributed by atoms with Crippen LogP contribution >= 0.6 is 15.9 Å². The van der Waals surface area contributed by atoms with Gasteiger partial charge in [-0.1, -0.05) is 15.9 Å². The van der Waals surface area contributed by atoms with Crippen LogP contribution in [0.25, 0.3) is 0 Å². The lowest BCUT2D eigenvalue weighted by atomic mass is 10.0. The summed E-state index contributed by atoms with van der Waals surface area (Å²) in [5.74, 6) is 0.